The van der Waals surface area contributed by atoms with Crippen LogP contribution in [-0.2, 0) is 24.3 Å². The van der Waals surface area contributed by atoms with Crippen LogP contribution in [0.3, 0.4) is 0 Å². The van der Waals surface area contributed by atoms with Gasteiger partial charge in [0, 0.05) is 12.1 Å². The van der Waals surface area contributed by atoms with Gasteiger partial charge in [0.2, 0.25) is 5.91 Å². The van der Waals surface area contributed by atoms with Gasteiger partial charge in [0.25, 0.3) is 5.56 Å². The molecular formula is C25H27N5O3. The Kier molecular flexibility index (Phi) is 6.53. The molecule has 1 amide bonds. The Hall–Kier alpha value is -3.94. The fraction of sp³-hybridized carbons (Fsp3) is 0.280. The van der Waals surface area contributed by atoms with Gasteiger partial charge in [-0.15, -0.1) is 0 Å². The highest BCUT2D eigenvalue weighted by molar-refractivity contribution is 5.75. The first-order chi connectivity index (χ1) is 16.0. The zero-order valence-corrected chi connectivity index (χ0v) is 19.0. The quantitative estimate of drug-likeness (QED) is 0.450. The van der Waals surface area contributed by atoms with Gasteiger partial charge < -0.3 is 10.1 Å². The summed E-state index contributed by atoms with van der Waals surface area (Å²) in [6, 6.07) is 17.4. The fourth-order valence-electron chi connectivity index (χ4n) is 3.60. The number of nitrogens with zero attached hydrogens (tertiary/aromatic N) is 4. The molecule has 1 N–H and O–H groups in total. The monoisotopic (exact) mass is 445 g/mol. The van der Waals surface area contributed by atoms with Crippen molar-refractivity contribution < 1.29 is 9.53 Å². The normalized spacial score (nSPS) is 11.0. The topological polar surface area (TPSA) is 90.5 Å². The van der Waals surface area contributed by atoms with Crippen molar-refractivity contribution in [1.82, 2.24) is 24.7 Å². The average molecular weight is 446 g/mol. The van der Waals surface area contributed by atoms with Crippen molar-refractivity contribution in [3.63, 3.8) is 0 Å². The average Bonchev–Trinajstić information content (AvgIpc) is 3.29. The van der Waals surface area contributed by atoms with E-state index in [1.165, 1.54) is 14.8 Å². The maximum absolute atomic E-state index is 13.0. The molecule has 0 saturated carbocycles. The minimum Gasteiger partial charge on any atom is -0.494 e. The number of hydrogen-bond acceptors (Lipinski definition) is 5. The highest BCUT2D eigenvalue weighted by Gasteiger charge is 2.15. The lowest BCUT2D eigenvalue weighted by Crippen LogP contribution is -2.34. The first kappa shape index (κ1) is 22.3. The standard InChI is InChI=1S/C25H27N5O3/c1-4-18-6-10-20(11-7-18)22-14-23-25(32)29(27-17(3)30(23)28-22)16-24(31)26-15-19-8-12-21(13-9-19)33-5-2/h6-14H,4-5,15-16H2,1-3H3,(H,26,31). The predicted octanol–water partition coefficient (Wildman–Crippen LogP) is 3.14. The number of hydrogen-bond donors (Lipinski definition) is 1. The van der Waals surface area contributed by atoms with E-state index in [1.54, 1.807) is 13.0 Å². The summed E-state index contributed by atoms with van der Waals surface area (Å²) in [5.41, 5.74) is 3.82. The van der Waals surface area contributed by atoms with E-state index in [9.17, 15) is 9.59 Å². The molecule has 0 radical (unpaired) electrons. The molecule has 0 unspecified atom stereocenters. The van der Waals surface area contributed by atoms with Crippen LogP contribution in [0.25, 0.3) is 16.8 Å². The number of fused-ring (bicyclic) bond motifs is 1. The minimum absolute atomic E-state index is 0.168. The van der Waals surface area contributed by atoms with E-state index in [1.807, 2.05) is 43.3 Å². The molecule has 0 aliphatic carbocycles. The lowest BCUT2D eigenvalue weighted by Gasteiger charge is -2.09. The molecule has 2 aromatic carbocycles. The SMILES string of the molecule is CCOc1ccc(CNC(=O)Cn2nc(C)n3nc(-c4ccc(CC)cc4)cc3c2=O)cc1. The van der Waals surface area contributed by atoms with Crippen LogP contribution in [-0.4, -0.2) is 31.9 Å². The Morgan fingerprint density at radius 2 is 1.70 bits per heavy atom. The van der Waals surface area contributed by atoms with Gasteiger partial charge in [0.05, 0.1) is 12.3 Å². The summed E-state index contributed by atoms with van der Waals surface area (Å²) in [4.78, 5) is 25.5. The largest absolute Gasteiger partial charge is 0.494 e. The Labute approximate surface area is 191 Å². The van der Waals surface area contributed by atoms with E-state index in [-0.39, 0.29) is 18.0 Å². The van der Waals surface area contributed by atoms with E-state index >= 15 is 0 Å². The van der Waals surface area contributed by atoms with Crippen molar-refractivity contribution in [1.29, 1.82) is 0 Å². The molecule has 8 heteroatoms. The summed E-state index contributed by atoms with van der Waals surface area (Å²) >= 11 is 0. The number of carbonyl (C=O) groups excluding carboxylic acids is 1. The second-order valence-corrected chi connectivity index (χ2v) is 7.74. The van der Waals surface area contributed by atoms with E-state index in [0.717, 1.165) is 23.3 Å². The minimum atomic E-state index is -0.360. The van der Waals surface area contributed by atoms with Crippen molar-refractivity contribution in [3.05, 3.63) is 81.9 Å². The third kappa shape index (κ3) is 4.95. The molecule has 4 aromatic rings. The third-order valence-corrected chi connectivity index (χ3v) is 5.41. The van der Waals surface area contributed by atoms with Gasteiger partial charge in [-0.1, -0.05) is 43.3 Å². The summed E-state index contributed by atoms with van der Waals surface area (Å²) in [7, 11) is 0. The summed E-state index contributed by atoms with van der Waals surface area (Å²) in [6.45, 7) is 6.58. The molecule has 0 aliphatic heterocycles. The number of carbonyl (C=O) groups is 1. The molecule has 2 heterocycles. The number of rotatable bonds is 8. The van der Waals surface area contributed by atoms with E-state index < -0.39 is 0 Å². The number of nitrogens with one attached hydrogen (secondary N) is 1. The second-order valence-electron chi connectivity index (χ2n) is 7.74. The Morgan fingerprint density at radius 1 is 1.00 bits per heavy atom. The lowest BCUT2D eigenvalue weighted by molar-refractivity contribution is -0.122. The molecule has 4 rings (SSSR count). The molecule has 0 saturated heterocycles. The maximum Gasteiger partial charge on any atom is 0.293 e. The van der Waals surface area contributed by atoms with Gasteiger partial charge in [-0.05, 0) is 49.6 Å². The van der Waals surface area contributed by atoms with Crippen LogP contribution in [0.1, 0.15) is 30.8 Å². The number of aromatic nitrogens is 4. The molecule has 0 bridgehead atoms. The molecule has 0 aliphatic rings. The Morgan fingerprint density at radius 3 is 2.36 bits per heavy atom. The number of ether oxygens (including phenoxy) is 1. The van der Waals surface area contributed by atoms with Gasteiger partial charge in [-0.2, -0.15) is 10.2 Å². The van der Waals surface area contributed by atoms with Gasteiger partial charge in [0.1, 0.15) is 23.6 Å². The van der Waals surface area contributed by atoms with Gasteiger partial charge in [0.15, 0.2) is 0 Å². The van der Waals surface area contributed by atoms with E-state index in [2.05, 4.69) is 34.6 Å². The van der Waals surface area contributed by atoms with Crippen LogP contribution in [0.4, 0.5) is 0 Å². The van der Waals surface area contributed by atoms with Crippen molar-refractivity contribution in [3.8, 4) is 17.0 Å². The second kappa shape index (κ2) is 9.68. The summed E-state index contributed by atoms with van der Waals surface area (Å²) in [5, 5.41) is 11.7. The predicted molar refractivity (Wildman–Crippen MR) is 126 cm³/mol. The first-order valence-electron chi connectivity index (χ1n) is 11.0. The molecule has 170 valence electrons. The third-order valence-electron chi connectivity index (χ3n) is 5.41. The first-order valence-corrected chi connectivity index (χ1v) is 11.0. The molecule has 0 fully saturated rings. The van der Waals surface area contributed by atoms with E-state index in [4.69, 9.17) is 4.74 Å². The Balaban J connectivity index is 1.49. The molecule has 0 spiro atoms. The fourth-order valence-corrected chi connectivity index (χ4v) is 3.60. The summed E-state index contributed by atoms with van der Waals surface area (Å²) in [5.74, 6) is 1.02. The van der Waals surface area contributed by atoms with Crippen LogP contribution in [0.15, 0.2) is 59.4 Å². The van der Waals surface area contributed by atoms with E-state index in [0.29, 0.717) is 30.2 Å². The molecule has 33 heavy (non-hydrogen) atoms. The number of benzene rings is 2. The molecule has 8 nitrogen and oxygen atoms in total. The zero-order valence-electron chi connectivity index (χ0n) is 19.0. The molecular weight excluding hydrogens is 418 g/mol. The smallest absolute Gasteiger partial charge is 0.293 e. The van der Waals surface area contributed by atoms with Crippen molar-refractivity contribution in [2.24, 2.45) is 0 Å². The molecule has 0 atom stereocenters. The van der Waals surface area contributed by atoms with Gasteiger partial charge in [-0.3, -0.25) is 9.59 Å². The zero-order chi connectivity index (χ0) is 23.4. The summed E-state index contributed by atoms with van der Waals surface area (Å²) < 4.78 is 8.14. The van der Waals surface area contributed by atoms with Gasteiger partial charge in [-0.25, -0.2) is 9.20 Å². The van der Waals surface area contributed by atoms with Crippen LogP contribution in [0.5, 0.6) is 5.75 Å². The maximum atomic E-state index is 13.0. The van der Waals surface area contributed by atoms with Crippen LogP contribution in [0, 0.1) is 6.92 Å². The Bertz CT molecular complexity index is 1320. The van der Waals surface area contributed by atoms with Crippen molar-refractivity contribution in [2.75, 3.05) is 6.61 Å². The van der Waals surface area contributed by atoms with Crippen LogP contribution >= 0.6 is 0 Å². The molecule has 2 aromatic heterocycles. The lowest BCUT2D eigenvalue weighted by atomic mass is 10.1. The van der Waals surface area contributed by atoms with Crippen LogP contribution < -0.4 is 15.6 Å². The van der Waals surface area contributed by atoms with Crippen LogP contribution in [0.2, 0.25) is 0 Å². The highest BCUT2D eigenvalue weighted by atomic mass is 16.5. The van der Waals surface area contributed by atoms with Gasteiger partial charge >= 0.3 is 0 Å². The number of amides is 1. The highest BCUT2D eigenvalue weighted by Crippen LogP contribution is 2.20. The number of aryl methyl sites for hydroxylation is 2. The summed E-state index contributed by atoms with van der Waals surface area (Å²) in [6.07, 6.45) is 0.958. The van der Waals surface area contributed by atoms with Crippen molar-refractivity contribution in [2.45, 2.75) is 40.3 Å². The van der Waals surface area contributed by atoms with Crippen molar-refractivity contribution >= 4 is 11.4 Å².